The lowest BCUT2D eigenvalue weighted by molar-refractivity contribution is 0.0931. The number of hydrogen-bond donors (Lipinski definition) is 1. The van der Waals surface area contributed by atoms with Crippen molar-refractivity contribution >= 4 is 5.91 Å². The van der Waals surface area contributed by atoms with Gasteiger partial charge in [0.05, 0.1) is 18.8 Å². The Labute approximate surface area is 157 Å². The van der Waals surface area contributed by atoms with E-state index in [0.29, 0.717) is 17.3 Å². The maximum absolute atomic E-state index is 12.9. The summed E-state index contributed by atoms with van der Waals surface area (Å²) in [6.45, 7) is 1.82. The molecule has 1 aromatic heterocycles. The molecule has 0 radical (unpaired) electrons. The summed E-state index contributed by atoms with van der Waals surface area (Å²) in [6, 6.07) is 15.2. The molecule has 7 heteroatoms. The lowest BCUT2D eigenvalue weighted by Gasteiger charge is -2.19. The third kappa shape index (κ3) is 3.67. The summed E-state index contributed by atoms with van der Waals surface area (Å²) in [7, 11) is 1.65. The number of amides is 1. The van der Waals surface area contributed by atoms with Crippen molar-refractivity contribution in [2.75, 3.05) is 7.11 Å². The highest BCUT2D eigenvalue weighted by Crippen LogP contribution is 2.41. The van der Waals surface area contributed by atoms with Crippen LogP contribution in [0.1, 0.15) is 40.6 Å². The number of nitrogens with one attached hydrogen (secondary N) is 1. The van der Waals surface area contributed by atoms with Gasteiger partial charge in [-0.05, 0) is 72.0 Å². The fourth-order valence-electron chi connectivity index (χ4n) is 3.19. The van der Waals surface area contributed by atoms with Crippen LogP contribution in [-0.2, 0) is 0 Å². The van der Waals surface area contributed by atoms with Gasteiger partial charge in [0.2, 0.25) is 0 Å². The third-order valence-electron chi connectivity index (χ3n) is 4.83. The normalized spacial score (nSPS) is 14.6. The standard InChI is InChI=1S/C20H21N5O2/c1-13-22-23-24-25(13)17-5-3-4-16(12-17)20(26)21-19(14-6-7-14)15-8-10-18(27-2)11-9-15/h3-5,8-12,14,19H,6-7H2,1-2H3,(H,21,26). The number of tetrazole rings is 1. The number of aryl methyl sites for hydroxylation is 1. The number of benzene rings is 2. The number of carbonyl (C=O) groups excluding carboxylic acids is 1. The second-order valence-corrected chi connectivity index (χ2v) is 6.75. The summed E-state index contributed by atoms with van der Waals surface area (Å²) in [5.41, 5.74) is 2.44. The summed E-state index contributed by atoms with van der Waals surface area (Å²) < 4.78 is 6.84. The Morgan fingerprint density at radius 2 is 2.00 bits per heavy atom. The average molecular weight is 363 g/mol. The molecule has 1 heterocycles. The average Bonchev–Trinajstić information content (AvgIpc) is 3.46. The molecule has 0 bridgehead atoms. The maximum Gasteiger partial charge on any atom is 0.251 e. The first kappa shape index (κ1) is 17.2. The predicted octanol–water partition coefficient (Wildman–Crippen LogP) is 2.86. The molecule has 4 rings (SSSR count). The van der Waals surface area contributed by atoms with Crippen LogP contribution in [0.3, 0.4) is 0 Å². The zero-order valence-corrected chi connectivity index (χ0v) is 15.3. The molecule has 1 saturated carbocycles. The van der Waals surface area contributed by atoms with Crippen LogP contribution in [-0.4, -0.2) is 33.2 Å². The van der Waals surface area contributed by atoms with Crippen LogP contribution in [0, 0.1) is 12.8 Å². The van der Waals surface area contributed by atoms with Crippen molar-refractivity contribution in [1.29, 1.82) is 0 Å². The monoisotopic (exact) mass is 363 g/mol. The number of methoxy groups -OCH3 is 1. The Balaban J connectivity index is 1.55. The van der Waals surface area contributed by atoms with Crippen molar-refractivity contribution < 1.29 is 9.53 Å². The molecule has 1 amide bonds. The molecule has 7 nitrogen and oxygen atoms in total. The van der Waals surface area contributed by atoms with Crippen LogP contribution in [0.2, 0.25) is 0 Å². The molecule has 1 aliphatic carbocycles. The molecular formula is C20H21N5O2. The number of aromatic nitrogens is 4. The van der Waals surface area contributed by atoms with E-state index in [0.717, 1.165) is 29.8 Å². The molecule has 2 aromatic carbocycles. The molecule has 0 saturated heterocycles. The van der Waals surface area contributed by atoms with E-state index in [2.05, 4.69) is 20.8 Å². The summed E-state index contributed by atoms with van der Waals surface area (Å²) in [6.07, 6.45) is 2.25. The van der Waals surface area contributed by atoms with Gasteiger partial charge in [-0.3, -0.25) is 4.79 Å². The van der Waals surface area contributed by atoms with Crippen LogP contribution >= 0.6 is 0 Å². The smallest absolute Gasteiger partial charge is 0.251 e. The Kier molecular flexibility index (Phi) is 4.58. The topological polar surface area (TPSA) is 81.9 Å². The number of nitrogens with zero attached hydrogens (tertiary/aromatic N) is 4. The molecule has 0 aliphatic heterocycles. The molecule has 0 spiro atoms. The Bertz CT molecular complexity index is 947. The SMILES string of the molecule is COc1ccc(C(NC(=O)c2cccc(-n3nnnc3C)c2)C2CC2)cc1. The highest BCUT2D eigenvalue weighted by Gasteiger charge is 2.33. The minimum Gasteiger partial charge on any atom is -0.497 e. The van der Waals surface area contributed by atoms with Gasteiger partial charge in [0.25, 0.3) is 5.91 Å². The minimum atomic E-state index is -0.102. The maximum atomic E-state index is 12.9. The van der Waals surface area contributed by atoms with Gasteiger partial charge in [0, 0.05) is 5.56 Å². The predicted molar refractivity (Wildman–Crippen MR) is 99.8 cm³/mol. The van der Waals surface area contributed by atoms with Crippen LogP contribution in [0.15, 0.2) is 48.5 Å². The first-order valence-electron chi connectivity index (χ1n) is 8.96. The Hall–Kier alpha value is -3.22. The van der Waals surface area contributed by atoms with Gasteiger partial charge in [0.15, 0.2) is 5.82 Å². The van der Waals surface area contributed by atoms with Crippen molar-refractivity contribution in [3.63, 3.8) is 0 Å². The Morgan fingerprint density at radius 3 is 2.63 bits per heavy atom. The zero-order valence-electron chi connectivity index (χ0n) is 15.3. The summed E-state index contributed by atoms with van der Waals surface area (Å²) >= 11 is 0. The molecule has 1 aliphatic rings. The van der Waals surface area contributed by atoms with E-state index in [1.807, 2.05) is 43.3 Å². The van der Waals surface area contributed by atoms with Crippen LogP contribution in [0.25, 0.3) is 5.69 Å². The van der Waals surface area contributed by atoms with Crippen LogP contribution in [0.4, 0.5) is 0 Å². The van der Waals surface area contributed by atoms with Gasteiger partial charge in [-0.25, -0.2) is 0 Å². The van der Waals surface area contributed by atoms with E-state index in [4.69, 9.17) is 4.74 Å². The summed E-state index contributed by atoms with van der Waals surface area (Å²) in [5, 5.41) is 14.7. The molecular weight excluding hydrogens is 342 g/mol. The van der Waals surface area contributed by atoms with E-state index >= 15 is 0 Å². The highest BCUT2D eigenvalue weighted by atomic mass is 16.5. The van der Waals surface area contributed by atoms with Gasteiger partial charge < -0.3 is 10.1 Å². The van der Waals surface area contributed by atoms with Crippen molar-refractivity contribution in [3.05, 3.63) is 65.5 Å². The zero-order chi connectivity index (χ0) is 18.8. The molecule has 1 atom stereocenters. The van der Waals surface area contributed by atoms with Gasteiger partial charge in [0.1, 0.15) is 5.75 Å². The second-order valence-electron chi connectivity index (χ2n) is 6.75. The van der Waals surface area contributed by atoms with Crippen molar-refractivity contribution in [2.45, 2.75) is 25.8 Å². The molecule has 138 valence electrons. The quantitative estimate of drug-likeness (QED) is 0.728. The van der Waals surface area contributed by atoms with E-state index in [1.54, 1.807) is 23.9 Å². The first-order chi connectivity index (χ1) is 13.2. The van der Waals surface area contributed by atoms with Gasteiger partial charge in [-0.2, -0.15) is 4.68 Å². The van der Waals surface area contributed by atoms with Gasteiger partial charge >= 0.3 is 0 Å². The fraction of sp³-hybridized carbons (Fsp3) is 0.300. The largest absolute Gasteiger partial charge is 0.497 e. The minimum absolute atomic E-state index is 0.00170. The molecule has 27 heavy (non-hydrogen) atoms. The molecule has 1 unspecified atom stereocenters. The number of ether oxygens (including phenoxy) is 1. The van der Waals surface area contributed by atoms with Gasteiger partial charge in [-0.1, -0.05) is 18.2 Å². The lowest BCUT2D eigenvalue weighted by atomic mass is 10.0. The Morgan fingerprint density at radius 1 is 1.22 bits per heavy atom. The van der Waals surface area contributed by atoms with E-state index in [-0.39, 0.29) is 11.9 Å². The van der Waals surface area contributed by atoms with E-state index in [9.17, 15) is 4.79 Å². The number of hydrogen-bond acceptors (Lipinski definition) is 5. The van der Waals surface area contributed by atoms with Gasteiger partial charge in [-0.15, -0.1) is 5.10 Å². The molecule has 1 N–H and O–H groups in total. The van der Waals surface area contributed by atoms with Crippen molar-refractivity contribution in [2.24, 2.45) is 5.92 Å². The first-order valence-corrected chi connectivity index (χ1v) is 8.96. The second kappa shape index (κ2) is 7.19. The highest BCUT2D eigenvalue weighted by molar-refractivity contribution is 5.95. The number of rotatable bonds is 6. The molecule has 1 fully saturated rings. The van der Waals surface area contributed by atoms with Crippen molar-refractivity contribution in [3.8, 4) is 11.4 Å². The fourth-order valence-corrected chi connectivity index (χ4v) is 3.19. The third-order valence-corrected chi connectivity index (χ3v) is 4.83. The lowest BCUT2D eigenvalue weighted by Crippen LogP contribution is -2.30. The summed E-state index contributed by atoms with van der Waals surface area (Å²) in [5.74, 6) is 1.85. The van der Waals surface area contributed by atoms with Crippen LogP contribution < -0.4 is 10.1 Å². The number of carbonyl (C=O) groups is 1. The molecule has 3 aromatic rings. The van der Waals surface area contributed by atoms with Crippen LogP contribution in [0.5, 0.6) is 5.75 Å². The van der Waals surface area contributed by atoms with E-state index < -0.39 is 0 Å². The summed E-state index contributed by atoms with van der Waals surface area (Å²) in [4.78, 5) is 12.9. The van der Waals surface area contributed by atoms with E-state index in [1.165, 1.54) is 0 Å². The van der Waals surface area contributed by atoms with Crippen molar-refractivity contribution in [1.82, 2.24) is 25.5 Å².